The highest BCUT2D eigenvalue weighted by Crippen LogP contribution is 2.34. The number of carbonyl (C=O) groups excluding carboxylic acids is 1. The van der Waals surface area contributed by atoms with Crippen LogP contribution in [0.1, 0.15) is 43.2 Å². The number of aromatic nitrogens is 1. The lowest BCUT2D eigenvalue weighted by atomic mass is 9.95. The summed E-state index contributed by atoms with van der Waals surface area (Å²) in [5.41, 5.74) is 3.20. The van der Waals surface area contributed by atoms with Gasteiger partial charge in [0.1, 0.15) is 11.4 Å². The molecule has 1 aromatic heterocycles. The van der Waals surface area contributed by atoms with Gasteiger partial charge in [-0.3, -0.25) is 5.32 Å². The van der Waals surface area contributed by atoms with Gasteiger partial charge in [-0.15, -0.1) is 0 Å². The minimum absolute atomic E-state index is 0.0209. The van der Waals surface area contributed by atoms with Gasteiger partial charge in [0.05, 0.1) is 38.2 Å². The van der Waals surface area contributed by atoms with E-state index >= 15 is 0 Å². The molecule has 0 saturated carbocycles. The molecule has 0 saturated heterocycles. The number of pyridine rings is 1. The first-order valence-electron chi connectivity index (χ1n) is 7.71. The smallest absolute Gasteiger partial charge is 0.413 e. The predicted octanol–water partition coefficient (Wildman–Crippen LogP) is 1.89. The van der Waals surface area contributed by atoms with Crippen LogP contribution in [-0.2, 0) is 40.5 Å². The number of nitrogens with zero attached hydrogens (tertiary/aromatic N) is 1. The summed E-state index contributed by atoms with van der Waals surface area (Å²) in [6.45, 7) is 6.62. The zero-order chi connectivity index (χ0) is 16.6. The minimum Gasteiger partial charge on any atom is -0.444 e. The summed E-state index contributed by atoms with van der Waals surface area (Å²) in [5.74, 6) is 0.469. The molecule has 7 nitrogen and oxygen atoms in total. The molecular weight excluding hydrogens is 300 g/mol. The van der Waals surface area contributed by atoms with Gasteiger partial charge in [0.15, 0.2) is 0 Å². The second kappa shape index (κ2) is 6.07. The number of aliphatic hydroxyl groups is 1. The van der Waals surface area contributed by atoms with Crippen LogP contribution in [0.4, 0.5) is 10.6 Å². The third-order valence-corrected chi connectivity index (χ3v) is 3.81. The third kappa shape index (κ3) is 3.46. The number of amides is 1. The van der Waals surface area contributed by atoms with E-state index in [4.69, 9.17) is 14.2 Å². The summed E-state index contributed by atoms with van der Waals surface area (Å²) in [4.78, 5) is 16.5. The summed E-state index contributed by atoms with van der Waals surface area (Å²) < 4.78 is 16.4. The first kappa shape index (κ1) is 16.2. The maximum Gasteiger partial charge on any atom is 0.413 e. The van der Waals surface area contributed by atoms with Crippen LogP contribution >= 0.6 is 0 Å². The fourth-order valence-electron chi connectivity index (χ4n) is 2.82. The molecule has 0 aliphatic carbocycles. The van der Waals surface area contributed by atoms with Crippen molar-refractivity contribution < 1.29 is 24.1 Å². The largest absolute Gasteiger partial charge is 0.444 e. The van der Waals surface area contributed by atoms with Crippen LogP contribution in [-0.4, -0.2) is 34.5 Å². The highest BCUT2D eigenvalue weighted by molar-refractivity contribution is 5.85. The number of anilines is 1. The Kier molecular flexibility index (Phi) is 4.27. The Morgan fingerprint density at radius 3 is 2.74 bits per heavy atom. The molecule has 2 N–H and O–H groups in total. The predicted molar refractivity (Wildman–Crippen MR) is 82.0 cm³/mol. The number of rotatable bonds is 2. The van der Waals surface area contributed by atoms with Crippen LogP contribution in [0.15, 0.2) is 0 Å². The van der Waals surface area contributed by atoms with E-state index in [9.17, 15) is 9.90 Å². The molecule has 0 spiro atoms. The van der Waals surface area contributed by atoms with Gasteiger partial charge in [-0.25, -0.2) is 9.78 Å². The Hall–Kier alpha value is -1.70. The van der Waals surface area contributed by atoms with Crippen molar-refractivity contribution in [3.8, 4) is 0 Å². The van der Waals surface area contributed by atoms with Gasteiger partial charge in [0.2, 0.25) is 0 Å². The molecule has 0 fully saturated rings. The molecule has 0 bridgehead atoms. The maximum absolute atomic E-state index is 12.0. The van der Waals surface area contributed by atoms with Gasteiger partial charge in [-0.05, 0) is 31.9 Å². The molecule has 3 heterocycles. The SMILES string of the molecule is CC(C)(C)OC(=O)Nc1nc2c(c3c1COC3)C[C@@H](CO)OC2. The van der Waals surface area contributed by atoms with E-state index in [0.29, 0.717) is 32.1 Å². The van der Waals surface area contributed by atoms with Crippen molar-refractivity contribution in [2.24, 2.45) is 0 Å². The Balaban J connectivity index is 1.88. The molecule has 126 valence electrons. The van der Waals surface area contributed by atoms with E-state index in [-0.39, 0.29) is 12.7 Å². The zero-order valence-corrected chi connectivity index (χ0v) is 13.6. The van der Waals surface area contributed by atoms with Crippen molar-refractivity contribution in [3.05, 3.63) is 22.4 Å². The first-order valence-corrected chi connectivity index (χ1v) is 7.71. The Morgan fingerprint density at radius 1 is 1.30 bits per heavy atom. The monoisotopic (exact) mass is 322 g/mol. The van der Waals surface area contributed by atoms with Gasteiger partial charge in [0.25, 0.3) is 0 Å². The molecule has 0 unspecified atom stereocenters. The van der Waals surface area contributed by atoms with E-state index in [1.165, 1.54) is 0 Å². The third-order valence-electron chi connectivity index (χ3n) is 3.81. The van der Waals surface area contributed by atoms with E-state index in [1.807, 2.05) is 20.8 Å². The normalized spacial score (nSPS) is 19.9. The Bertz CT molecular complexity index is 624. The molecule has 7 heteroatoms. The van der Waals surface area contributed by atoms with Crippen LogP contribution in [0, 0.1) is 0 Å². The molecule has 2 aliphatic rings. The van der Waals surface area contributed by atoms with Crippen molar-refractivity contribution in [2.45, 2.75) is 58.7 Å². The summed E-state index contributed by atoms with van der Waals surface area (Å²) >= 11 is 0. The maximum atomic E-state index is 12.0. The Labute approximate surface area is 135 Å². The number of hydrogen-bond acceptors (Lipinski definition) is 6. The molecule has 1 aromatic rings. The van der Waals surface area contributed by atoms with E-state index in [1.54, 1.807) is 0 Å². The highest BCUT2D eigenvalue weighted by Gasteiger charge is 2.30. The summed E-state index contributed by atoms with van der Waals surface area (Å²) in [6, 6.07) is 0. The molecule has 2 aliphatic heterocycles. The standard InChI is InChI=1S/C16H22N2O5/c1-16(2,3)23-15(20)18-14-12-7-21-6-11(12)10-4-9(5-19)22-8-13(10)17-14/h9,19H,4-8H2,1-3H3,(H,17,18,20)/t9-/m0/s1. The lowest BCUT2D eigenvalue weighted by Gasteiger charge is -2.26. The number of nitrogens with one attached hydrogen (secondary N) is 1. The fourth-order valence-corrected chi connectivity index (χ4v) is 2.82. The molecule has 1 amide bonds. The van der Waals surface area contributed by atoms with Gasteiger partial charge < -0.3 is 19.3 Å². The first-order chi connectivity index (χ1) is 10.9. The number of aliphatic hydroxyl groups excluding tert-OH is 1. The summed E-state index contributed by atoms with van der Waals surface area (Å²) in [6.07, 6.45) is -0.139. The molecule has 0 aromatic carbocycles. The molecule has 1 atom stereocenters. The van der Waals surface area contributed by atoms with Crippen molar-refractivity contribution in [1.29, 1.82) is 0 Å². The van der Waals surface area contributed by atoms with Crippen LogP contribution in [0.2, 0.25) is 0 Å². The van der Waals surface area contributed by atoms with Crippen LogP contribution in [0.5, 0.6) is 0 Å². The van der Waals surface area contributed by atoms with E-state index < -0.39 is 11.7 Å². The number of carbonyl (C=O) groups is 1. The lowest BCUT2D eigenvalue weighted by Crippen LogP contribution is -2.30. The van der Waals surface area contributed by atoms with E-state index in [2.05, 4.69) is 10.3 Å². The van der Waals surface area contributed by atoms with Crippen molar-refractivity contribution in [2.75, 3.05) is 11.9 Å². The Morgan fingerprint density at radius 2 is 2.04 bits per heavy atom. The highest BCUT2D eigenvalue weighted by atomic mass is 16.6. The molecule has 23 heavy (non-hydrogen) atoms. The minimum atomic E-state index is -0.574. The van der Waals surface area contributed by atoms with Crippen LogP contribution < -0.4 is 5.32 Å². The quantitative estimate of drug-likeness (QED) is 0.864. The van der Waals surface area contributed by atoms with E-state index in [0.717, 1.165) is 22.4 Å². The van der Waals surface area contributed by atoms with Crippen LogP contribution in [0.3, 0.4) is 0 Å². The van der Waals surface area contributed by atoms with Gasteiger partial charge >= 0.3 is 6.09 Å². The molecule has 0 radical (unpaired) electrons. The average Bonchev–Trinajstić information content (AvgIpc) is 2.95. The topological polar surface area (TPSA) is 89.9 Å². The number of fused-ring (bicyclic) bond motifs is 3. The van der Waals surface area contributed by atoms with Crippen molar-refractivity contribution in [1.82, 2.24) is 4.98 Å². The number of ether oxygens (including phenoxy) is 3. The summed E-state index contributed by atoms with van der Waals surface area (Å²) in [7, 11) is 0. The molecule has 3 rings (SSSR count). The number of hydrogen-bond donors (Lipinski definition) is 2. The second-order valence-electron chi connectivity index (χ2n) is 6.78. The average molecular weight is 322 g/mol. The molecular formula is C16H22N2O5. The zero-order valence-electron chi connectivity index (χ0n) is 13.6. The van der Waals surface area contributed by atoms with Gasteiger partial charge in [0, 0.05) is 12.0 Å². The second-order valence-corrected chi connectivity index (χ2v) is 6.78. The lowest BCUT2D eigenvalue weighted by molar-refractivity contribution is -0.00925. The fraction of sp³-hybridized carbons (Fsp3) is 0.625. The van der Waals surface area contributed by atoms with Crippen molar-refractivity contribution >= 4 is 11.9 Å². The van der Waals surface area contributed by atoms with Gasteiger partial charge in [-0.1, -0.05) is 0 Å². The summed E-state index contributed by atoms with van der Waals surface area (Å²) in [5, 5.41) is 12.0. The van der Waals surface area contributed by atoms with Crippen molar-refractivity contribution in [3.63, 3.8) is 0 Å². The van der Waals surface area contributed by atoms with Gasteiger partial charge in [-0.2, -0.15) is 0 Å². The van der Waals surface area contributed by atoms with Crippen LogP contribution in [0.25, 0.3) is 0 Å².